The first kappa shape index (κ1) is 22.7. The molecule has 4 bridgehead atoms. The molecular formula is C29H40O6. The Bertz CT molecular complexity index is 933. The summed E-state index contributed by atoms with van der Waals surface area (Å²) in [6.07, 6.45) is 8.61. The lowest BCUT2D eigenvalue weighted by atomic mass is 9.48. The van der Waals surface area contributed by atoms with E-state index in [4.69, 9.17) is 28.4 Å². The monoisotopic (exact) mass is 484 g/mol. The number of ether oxygens (including phenoxy) is 6. The molecule has 3 saturated heterocycles. The fourth-order valence-electron chi connectivity index (χ4n) is 7.58. The van der Waals surface area contributed by atoms with Crippen molar-refractivity contribution in [2.75, 3.05) is 39.6 Å². The van der Waals surface area contributed by atoms with Gasteiger partial charge in [0, 0.05) is 16.5 Å². The fourth-order valence-corrected chi connectivity index (χ4v) is 7.58. The van der Waals surface area contributed by atoms with Crippen LogP contribution in [0, 0.1) is 17.8 Å². The van der Waals surface area contributed by atoms with Crippen LogP contribution in [0.4, 0.5) is 0 Å². The summed E-state index contributed by atoms with van der Waals surface area (Å²) in [7, 11) is 0. The van der Waals surface area contributed by atoms with E-state index < -0.39 is 0 Å². The van der Waals surface area contributed by atoms with E-state index in [1.54, 1.807) is 0 Å². The first-order valence-electron chi connectivity index (χ1n) is 13.8. The molecule has 1 aromatic carbocycles. The molecule has 7 aliphatic rings. The standard InChI is InChI=1S/C29H40O6/c1-28(2,3)25-24(33-14-20-11-30-20)7-23(29-8-17-4-18(9-29)6-19(5-17)10-29)26(34-15-21-12-31-21)27(25)35-16-22-13-32-22/h7,17-22H,4-6,8-16H2,1-3H3. The second-order valence-corrected chi connectivity index (χ2v) is 13.2. The smallest absolute Gasteiger partial charge is 0.169 e. The molecule has 0 amide bonds. The summed E-state index contributed by atoms with van der Waals surface area (Å²) in [5, 5.41) is 0. The van der Waals surface area contributed by atoms with Gasteiger partial charge < -0.3 is 28.4 Å². The van der Waals surface area contributed by atoms with Crippen LogP contribution in [-0.2, 0) is 25.0 Å². The lowest BCUT2D eigenvalue weighted by Gasteiger charge is -2.57. The second-order valence-electron chi connectivity index (χ2n) is 13.2. The van der Waals surface area contributed by atoms with Crippen molar-refractivity contribution in [3.8, 4) is 17.2 Å². The molecule has 0 N–H and O–H groups in total. The maximum absolute atomic E-state index is 6.69. The van der Waals surface area contributed by atoms with Crippen LogP contribution in [0.3, 0.4) is 0 Å². The van der Waals surface area contributed by atoms with Gasteiger partial charge in [-0.3, -0.25) is 0 Å². The maximum atomic E-state index is 6.69. The number of rotatable bonds is 10. The average molecular weight is 485 g/mol. The quantitative estimate of drug-likeness (QED) is 0.445. The summed E-state index contributed by atoms with van der Waals surface area (Å²) < 4.78 is 36.4. The highest BCUT2D eigenvalue weighted by Crippen LogP contribution is 2.64. The summed E-state index contributed by atoms with van der Waals surface area (Å²) in [5.74, 6) is 5.29. The van der Waals surface area contributed by atoms with E-state index in [0.717, 1.165) is 60.4 Å². The summed E-state index contributed by atoms with van der Waals surface area (Å²) in [5.41, 5.74) is 2.41. The summed E-state index contributed by atoms with van der Waals surface area (Å²) >= 11 is 0. The van der Waals surface area contributed by atoms with Crippen molar-refractivity contribution in [3.05, 3.63) is 17.2 Å². The van der Waals surface area contributed by atoms with Gasteiger partial charge in [0.05, 0.1) is 19.8 Å². The predicted molar refractivity (Wildman–Crippen MR) is 131 cm³/mol. The van der Waals surface area contributed by atoms with Crippen LogP contribution in [0.5, 0.6) is 17.2 Å². The molecule has 3 aliphatic heterocycles. The van der Waals surface area contributed by atoms with Gasteiger partial charge in [0.15, 0.2) is 11.5 Å². The molecular weight excluding hydrogens is 444 g/mol. The minimum atomic E-state index is -0.173. The molecule has 3 atom stereocenters. The van der Waals surface area contributed by atoms with E-state index in [-0.39, 0.29) is 29.1 Å². The number of benzene rings is 1. The van der Waals surface area contributed by atoms with E-state index in [1.165, 1.54) is 44.1 Å². The van der Waals surface area contributed by atoms with Crippen LogP contribution in [0.25, 0.3) is 0 Å². The van der Waals surface area contributed by atoms with Gasteiger partial charge in [0.25, 0.3) is 0 Å². The van der Waals surface area contributed by atoms with Crippen molar-refractivity contribution in [3.63, 3.8) is 0 Å². The molecule has 4 saturated carbocycles. The lowest BCUT2D eigenvalue weighted by molar-refractivity contribution is -0.00680. The van der Waals surface area contributed by atoms with Crippen LogP contribution < -0.4 is 14.2 Å². The molecule has 1 aromatic rings. The lowest BCUT2D eigenvalue weighted by Crippen LogP contribution is -2.48. The normalized spacial score (nSPS) is 38.4. The Labute approximate surface area is 208 Å². The number of hydrogen-bond acceptors (Lipinski definition) is 6. The van der Waals surface area contributed by atoms with Crippen LogP contribution in [0.1, 0.15) is 70.4 Å². The predicted octanol–water partition coefficient (Wildman–Crippen LogP) is 4.78. The third kappa shape index (κ3) is 4.55. The molecule has 0 aromatic heterocycles. The van der Waals surface area contributed by atoms with E-state index in [0.29, 0.717) is 19.8 Å². The Morgan fingerprint density at radius 1 is 0.743 bits per heavy atom. The summed E-state index contributed by atoms with van der Waals surface area (Å²) in [4.78, 5) is 0. The third-order valence-electron chi connectivity index (χ3n) is 9.02. The van der Waals surface area contributed by atoms with E-state index in [9.17, 15) is 0 Å². The van der Waals surface area contributed by atoms with Crippen LogP contribution in [0.15, 0.2) is 6.07 Å². The minimum absolute atomic E-state index is 0.160. The first-order chi connectivity index (χ1) is 16.9. The second kappa shape index (κ2) is 8.26. The molecule has 6 nitrogen and oxygen atoms in total. The Kier molecular flexibility index (Phi) is 5.35. The van der Waals surface area contributed by atoms with E-state index in [2.05, 4.69) is 26.8 Å². The Balaban J connectivity index is 1.36. The van der Waals surface area contributed by atoms with Gasteiger partial charge in [-0.1, -0.05) is 20.8 Å². The molecule has 8 rings (SSSR count). The molecule has 7 fully saturated rings. The molecule has 35 heavy (non-hydrogen) atoms. The molecule has 3 unspecified atom stereocenters. The topological polar surface area (TPSA) is 65.3 Å². The number of hydrogen-bond donors (Lipinski definition) is 0. The van der Waals surface area contributed by atoms with Crippen molar-refractivity contribution < 1.29 is 28.4 Å². The fraction of sp³-hybridized carbons (Fsp3) is 0.793. The van der Waals surface area contributed by atoms with Crippen molar-refractivity contribution in [2.24, 2.45) is 17.8 Å². The Morgan fingerprint density at radius 3 is 1.66 bits per heavy atom. The molecule has 4 aliphatic carbocycles. The molecule has 6 heteroatoms. The van der Waals surface area contributed by atoms with Crippen molar-refractivity contribution in [1.29, 1.82) is 0 Å². The zero-order valence-corrected chi connectivity index (χ0v) is 21.5. The van der Waals surface area contributed by atoms with Crippen LogP contribution >= 0.6 is 0 Å². The van der Waals surface area contributed by atoms with Gasteiger partial charge >= 0.3 is 0 Å². The first-order valence-corrected chi connectivity index (χ1v) is 13.8. The third-order valence-corrected chi connectivity index (χ3v) is 9.02. The summed E-state index contributed by atoms with van der Waals surface area (Å²) in [6, 6.07) is 2.35. The molecule has 0 spiro atoms. The van der Waals surface area contributed by atoms with Gasteiger partial charge in [-0.2, -0.15) is 0 Å². The van der Waals surface area contributed by atoms with E-state index in [1.807, 2.05) is 0 Å². The van der Waals surface area contributed by atoms with Gasteiger partial charge in [-0.15, -0.1) is 0 Å². The average Bonchev–Trinajstić information content (AvgIpc) is 3.66. The van der Waals surface area contributed by atoms with Gasteiger partial charge in [-0.05, 0) is 67.8 Å². The van der Waals surface area contributed by atoms with Crippen molar-refractivity contribution in [2.45, 2.75) is 88.4 Å². The van der Waals surface area contributed by atoms with Gasteiger partial charge in [0.2, 0.25) is 0 Å². The van der Waals surface area contributed by atoms with Gasteiger partial charge in [-0.25, -0.2) is 0 Å². The largest absolute Gasteiger partial charge is 0.490 e. The Morgan fingerprint density at radius 2 is 1.20 bits per heavy atom. The zero-order chi connectivity index (χ0) is 23.8. The minimum Gasteiger partial charge on any atom is -0.490 e. The molecule has 192 valence electrons. The van der Waals surface area contributed by atoms with Crippen molar-refractivity contribution >= 4 is 0 Å². The SMILES string of the molecule is CC(C)(C)c1c(OCC2CO2)cc(C23CC4CC(CC(C4)C2)C3)c(OCC2CO2)c1OCC1CO1. The molecule has 0 radical (unpaired) electrons. The van der Waals surface area contributed by atoms with Crippen LogP contribution in [-0.4, -0.2) is 58.0 Å². The Hall–Kier alpha value is -1.50. The zero-order valence-electron chi connectivity index (χ0n) is 21.5. The highest BCUT2D eigenvalue weighted by Gasteiger charge is 2.53. The highest BCUT2D eigenvalue weighted by molar-refractivity contribution is 5.63. The van der Waals surface area contributed by atoms with Crippen LogP contribution in [0.2, 0.25) is 0 Å². The highest BCUT2D eigenvalue weighted by atomic mass is 16.6. The van der Waals surface area contributed by atoms with Crippen molar-refractivity contribution in [1.82, 2.24) is 0 Å². The maximum Gasteiger partial charge on any atom is 0.169 e. The summed E-state index contributed by atoms with van der Waals surface area (Å²) in [6.45, 7) is 10.8. The van der Waals surface area contributed by atoms with Gasteiger partial charge in [0.1, 0.15) is 43.9 Å². The van der Waals surface area contributed by atoms with E-state index >= 15 is 0 Å². The molecule has 3 heterocycles. The number of epoxide rings is 3.